The van der Waals surface area contributed by atoms with E-state index in [1.165, 1.54) is 0 Å². The SMILES string of the molecule is COc1ccccc1C1N[C@@H](C(=O)O)C(C)(C)S1. The third-order valence-electron chi connectivity index (χ3n) is 3.10. The summed E-state index contributed by atoms with van der Waals surface area (Å²) in [5, 5.41) is 12.3. The summed E-state index contributed by atoms with van der Waals surface area (Å²) < 4.78 is 4.97. The van der Waals surface area contributed by atoms with Crippen LogP contribution in [0.3, 0.4) is 0 Å². The number of benzene rings is 1. The van der Waals surface area contributed by atoms with Crippen molar-refractivity contribution in [2.45, 2.75) is 30.0 Å². The van der Waals surface area contributed by atoms with Gasteiger partial charge in [-0.05, 0) is 19.9 Å². The van der Waals surface area contributed by atoms with Crippen molar-refractivity contribution in [3.63, 3.8) is 0 Å². The third-order valence-corrected chi connectivity index (χ3v) is 4.57. The quantitative estimate of drug-likeness (QED) is 0.879. The van der Waals surface area contributed by atoms with Gasteiger partial charge in [0.25, 0.3) is 0 Å². The van der Waals surface area contributed by atoms with Crippen molar-refractivity contribution < 1.29 is 14.6 Å². The zero-order chi connectivity index (χ0) is 13.3. The Morgan fingerprint density at radius 1 is 1.44 bits per heavy atom. The lowest BCUT2D eigenvalue weighted by molar-refractivity contribution is -0.139. The topological polar surface area (TPSA) is 58.6 Å². The predicted octanol–water partition coefficient (Wildman–Crippen LogP) is 2.26. The Bertz CT molecular complexity index is 461. The lowest BCUT2D eigenvalue weighted by Gasteiger charge is -2.20. The predicted molar refractivity (Wildman–Crippen MR) is 72.0 cm³/mol. The molecule has 0 bridgehead atoms. The van der Waals surface area contributed by atoms with E-state index in [4.69, 9.17) is 4.74 Å². The van der Waals surface area contributed by atoms with Gasteiger partial charge in [-0.25, -0.2) is 0 Å². The number of methoxy groups -OCH3 is 1. The minimum Gasteiger partial charge on any atom is -0.496 e. The van der Waals surface area contributed by atoms with Gasteiger partial charge in [0.05, 0.1) is 12.5 Å². The monoisotopic (exact) mass is 267 g/mol. The molecule has 18 heavy (non-hydrogen) atoms. The van der Waals surface area contributed by atoms with Crippen molar-refractivity contribution in [3.8, 4) is 5.75 Å². The molecule has 2 N–H and O–H groups in total. The lowest BCUT2D eigenvalue weighted by atomic mass is 10.0. The highest BCUT2D eigenvalue weighted by atomic mass is 32.2. The highest BCUT2D eigenvalue weighted by Crippen LogP contribution is 2.47. The molecule has 0 spiro atoms. The van der Waals surface area contributed by atoms with Crippen LogP contribution in [0.2, 0.25) is 0 Å². The maximum Gasteiger partial charge on any atom is 0.322 e. The maximum absolute atomic E-state index is 11.2. The summed E-state index contributed by atoms with van der Waals surface area (Å²) in [7, 11) is 1.62. The molecule has 1 aromatic carbocycles. The van der Waals surface area contributed by atoms with E-state index in [1.807, 2.05) is 38.1 Å². The van der Waals surface area contributed by atoms with Crippen molar-refractivity contribution in [1.29, 1.82) is 0 Å². The van der Waals surface area contributed by atoms with Gasteiger partial charge in [0, 0.05) is 10.3 Å². The van der Waals surface area contributed by atoms with Crippen molar-refractivity contribution in [2.24, 2.45) is 0 Å². The number of hydrogen-bond acceptors (Lipinski definition) is 4. The molecule has 1 fully saturated rings. The van der Waals surface area contributed by atoms with E-state index in [2.05, 4.69) is 5.32 Å². The van der Waals surface area contributed by atoms with E-state index in [-0.39, 0.29) is 10.1 Å². The Morgan fingerprint density at radius 3 is 2.67 bits per heavy atom. The molecule has 5 heteroatoms. The Hall–Kier alpha value is -1.20. The summed E-state index contributed by atoms with van der Waals surface area (Å²) in [5.74, 6) is -0.0331. The molecule has 0 aliphatic carbocycles. The molecule has 1 saturated heterocycles. The van der Waals surface area contributed by atoms with Crippen molar-refractivity contribution in [1.82, 2.24) is 5.32 Å². The number of carbonyl (C=O) groups is 1. The molecule has 98 valence electrons. The molecule has 0 radical (unpaired) electrons. The summed E-state index contributed by atoms with van der Waals surface area (Å²) >= 11 is 1.61. The van der Waals surface area contributed by atoms with Crippen LogP contribution < -0.4 is 10.1 Å². The van der Waals surface area contributed by atoms with Crippen molar-refractivity contribution >= 4 is 17.7 Å². The normalized spacial score (nSPS) is 25.9. The minimum atomic E-state index is -0.815. The molecule has 0 amide bonds. The van der Waals surface area contributed by atoms with E-state index >= 15 is 0 Å². The average molecular weight is 267 g/mol. The second-order valence-corrected chi connectivity index (χ2v) is 6.54. The first-order valence-electron chi connectivity index (χ1n) is 5.75. The van der Waals surface area contributed by atoms with Crippen molar-refractivity contribution in [3.05, 3.63) is 29.8 Å². The van der Waals surface area contributed by atoms with Gasteiger partial charge in [-0.1, -0.05) is 18.2 Å². The average Bonchev–Trinajstić information content (AvgIpc) is 2.65. The maximum atomic E-state index is 11.2. The smallest absolute Gasteiger partial charge is 0.322 e. The zero-order valence-corrected chi connectivity index (χ0v) is 11.5. The van der Waals surface area contributed by atoms with Gasteiger partial charge >= 0.3 is 5.97 Å². The molecule has 2 atom stereocenters. The van der Waals surface area contributed by atoms with Crippen LogP contribution in [0.5, 0.6) is 5.75 Å². The number of rotatable bonds is 3. The fourth-order valence-corrected chi connectivity index (χ4v) is 3.60. The van der Waals surface area contributed by atoms with E-state index < -0.39 is 12.0 Å². The van der Waals surface area contributed by atoms with Crippen LogP contribution in [0.4, 0.5) is 0 Å². The summed E-state index contributed by atoms with van der Waals surface area (Å²) in [5.41, 5.74) is 0.988. The van der Waals surface area contributed by atoms with Gasteiger partial charge in [0.2, 0.25) is 0 Å². The third kappa shape index (κ3) is 2.33. The molecule has 2 rings (SSSR count). The van der Waals surface area contributed by atoms with Gasteiger partial charge in [-0.3, -0.25) is 10.1 Å². The molecule has 1 aliphatic heterocycles. The van der Waals surface area contributed by atoms with Crippen LogP contribution in [0.1, 0.15) is 24.8 Å². The van der Waals surface area contributed by atoms with E-state index in [1.54, 1.807) is 18.9 Å². The molecule has 0 saturated carbocycles. The number of carboxylic acid groups (broad SMARTS) is 1. The standard InChI is InChI=1S/C13H17NO3S/c1-13(2)10(12(15)16)14-11(18-13)8-6-4-5-7-9(8)17-3/h4-7,10-11,14H,1-3H3,(H,15,16)/t10-,11?/m0/s1. The molecule has 0 aromatic heterocycles. The molecular formula is C13H17NO3S. The number of para-hydroxylation sites is 1. The Labute approximate surface area is 111 Å². The number of carboxylic acids is 1. The summed E-state index contributed by atoms with van der Waals surface area (Å²) in [6.45, 7) is 3.89. The zero-order valence-electron chi connectivity index (χ0n) is 10.6. The molecule has 1 aromatic rings. The van der Waals surface area contributed by atoms with Gasteiger partial charge in [0.15, 0.2) is 0 Å². The van der Waals surface area contributed by atoms with Gasteiger partial charge in [0.1, 0.15) is 11.8 Å². The minimum absolute atomic E-state index is 0.0581. The van der Waals surface area contributed by atoms with Crippen molar-refractivity contribution in [2.75, 3.05) is 7.11 Å². The first-order chi connectivity index (χ1) is 8.45. The highest BCUT2D eigenvalue weighted by molar-refractivity contribution is 8.01. The summed E-state index contributed by atoms with van der Waals surface area (Å²) in [6, 6.07) is 7.13. The van der Waals surface area contributed by atoms with E-state index in [0.29, 0.717) is 0 Å². The first kappa shape index (κ1) is 13.2. The fraction of sp³-hybridized carbons (Fsp3) is 0.462. The van der Waals surface area contributed by atoms with Crippen LogP contribution >= 0.6 is 11.8 Å². The first-order valence-corrected chi connectivity index (χ1v) is 6.63. The van der Waals surface area contributed by atoms with Crippen LogP contribution in [-0.4, -0.2) is 29.0 Å². The van der Waals surface area contributed by atoms with Gasteiger partial charge in [-0.15, -0.1) is 11.8 Å². The second kappa shape index (κ2) is 4.82. The Balaban J connectivity index is 2.29. The van der Waals surface area contributed by atoms with E-state index in [9.17, 15) is 9.90 Å². The number of aliphatic carboxylic acids is 1. The number of thioether (sulfide) groups is 1. The Kier molecular flexibility index (Phi) is 3.54. The summed E-state index contributed by atoms with van der Waals surface area (Å²) in [6.07, 6.45) is 0. The van der Waals surface area contributed by atoms with Crippen LogP contribution in [0.15, 0.2) is 24.3 Å². The molecular weight excluding hydrogens is 250 g/mol. The highest BCUT2D eigenvalue weighted by Gasteiger charge is 2.46. The van der Waals surface area contributed by atoms with E-state index in [0.717, 1.165) is 11.3 Å². The molecule has 4 nitrogen and oxygen atoms in total. The Morgan fingerprint density at radius 2 is 2.11 bits per heavy atom. The summed E-state index contributed by atoms with van der Waals surface area (Å²) in [4.78, 5) is 11.2. The van der Waals surface area contributed by atoms with Crippen LogP contribution in [-0.2, 0) is 4.79 Å². The van der Waals surface area contributed by atoms with Crippen LogP contribution in [0.25, 0.3) is 0 Å². The number of ether oxygens (including phenoxy) is 1. The van der Waals surface area contributed by atoms with Gasteiger partial charge in [-0.2, -0.15) is 0 Å². The number of hydrogen-bond donors (Lipinski definition) is 2. The largest absolute Gasteiger partial charge is 0.496 e. The number of nitrogens with one attached hydrogen (secondary N) is 1. The fourth-order valence-electron chi connectivity index (χ4n) is 2.16. The lowest BCUT2D eigenvalue weighted by Crippen LogP contribution is -2.43. The molecule has 1 aliphatic rings. The molecule has 1 heterocycles. The van der Waals surface area contributed by atoms with Gasteiger partial charge < -0.3 is 9.84 Å². The second-order valence-electron chi connectivity index (χ2n) is 4.78. The van der Waals surface area contributed by atoms with Crippen LogP contribution in [0, 0.1) is 0 Å². The molecule has 1 unspecified atom stereocenters.